The number of carbonyl (C=O) groups excluding carboxylic acids is 1. The van der Waals surface area contributed by atoms with E-state index in [4.69, 9.17) is 5.11 Å². The first-order chi connectivity index (χ1) is 7.68. The molecular weight excluding hydrogens is 242 g/mol. The molecule has 2 atom stereocenters. The van der Waals surface area contributed by atoms with Crippen LogP contribution >= 0.6 is 0 Å². The van der Waals surface area contributed by atoms with E-state index in [-0.39, 0.29) is 23.6 Å². The van der Waals surface area contributed by atoms with Gasteiger partial charge in [0.1, 0.15) is 11.0 Å². The Morgan fingerprint density at radius 1 is 1.24 bits per heavy atom. The number of hydrogen-bond acceptors (Lipinski definition) is 3. The first-order valence-electron chi connectivity index (χ1n) is 5.54. The molecule has 0 saturated carbocycles. The normalized spacial score (nSPS) is 14.8. The quantitative estimate of drug-likeness (QED) is 0.766. The van der Waals surface area contributed by atoms with Crippen molar-refractivity contribution >= 4 is 22.7 Å². The molecule has 100 valence electrons. The molecule has 5 nitrogen and oxygen atoms in total. The summed E-state index contributed by atoms with van der Waals surface area (Å²) < 4.78 is 11.8. The van der Waals surface area contributed by atoms with Crippen molar-refractivity contribution in [3.05, 3.63) is 0 Å². The maximum atomic E-state index is 11.8. The Bertz CT molecular complexity index is 315. The summed E-state index contributed by atoms with van der Waals surface area (Å²) >= 11 is 0. The second kappa shape index (κ2) is 6.74. The lowest BCUT2D eigenvalue weighted by atomic mass is 10.1. The number of rotatable bonds is 6. The van der Waals surface area contributed by atoms with E-state index >= 15 is 0 Å². The summed E-state index contributed by atoms with van der Waals surface area (Å²) in [6.45, 7) is 7.07. The predicted octanol–water partition coefficient (Wildman–Crippen LogP) is 0.711. The average Bonchev–Trinajstić information content (AvgIpc) is 2.14. The van der Waals surface area contributed by atoms with Gasteiger partial charge in [0.25, 0.3) is 0 Å². The smallest absolute Gasteiger partial charge is 0.319 e. The zero-order valence-corrected chi connectivity index (χ0v) is 11.8. The van der Waals surface area contributed by atoms with Crippen molar-refractivity contribution in [1.29, 1.82) is 0 Å². The van der Waals surface area contributed by atoms with Gasteiger partial charge in [-0.2, -0.15) is 0 Å². The number of hydrogen-bond donors (Lipinski definition) is 1. The predicted molar refractivity (Wildman–Crippen MR) is 67.2 cm³/mol. The molecule has 0 fully saturated rings. The third kappa shape index (κ3) is 4.85. The van der Waals surface area contributed by atoms with Crippen molar-refractivity contribution in [1.82, 2.24) is 4.90 Å². The molecule has 0 spiro atoms. The highest BCUT2D eigenvalue weighted by molar-refractivity contribution is 7.87. The van der Waals surface area contributed by atoms with E-state index in [0.29, 0.717) is 0 Å². The number of amides is 1. The molecule has 0 radical (unpaired) electrons. The van der Waals surface area contributed by atoms with E-state index in [1.54, 1.807) is 20.9 Å². The van der Waals surface area contributed by atoms with Crippen LogP contribution in [-0.4, -0.2) is 50.2 Å². The van der Waals surface area contributed by atoms with Crippen molar-refractivity contribution in [2.75, 3.05) is 12.8 Å². The number of carboxylic acids is 1. The molecule has 6 heteroatoms. The Balaban J connectivity index is 4.63. The number of aliphatic carboxylic acids is 1. The minimum absolute atomic E-state index is 0.0156. The van der Waals surface area contributed by atoms with Crippen molar-refractivity contribution < 1.29 is 18.9 Å². The van der Waals surface area contributed by atoms with Crippen LogP contribution in [-0.2, 0) is 20.4 Å². The maximum Gasteiger partial charge on any atom is 0.319 e. The molecule has 1 N–H and O–H groups in total. The van der Waals surface area contributed by atoms with Crippen LogP contribution < -0.4 is 0 Å². The van der Waals surface area contributed by atoms with Gasteiger partial charge in [-0.15, -0.1) is 0 Å². The summed E-state index contributed by atoms with van der Waals surface area (Å²) in [5.74, 6) is -1.89. The van der Waals surface area contributed by atoms with Crippen molar-refractivity contribution in [2.45, 2.75) is 39.0 Å². The zero-order valence-electron chi connectivity index (χ0n) is 11.0. The Hall–Kier alpha value is -0.910. The summed E-state index contributed by atoms with van der Waals surface area (Å²) in [5.41, 5.74) is 0. The van der Waals surface area contributed by atoms with Gasteiger partial charge >= 0.3 is 5.97 Å². The van der Waals surface area contributed by atoms with Gasteiger partial charge in [-0.1, -0.05) is 13.8 Å². The molecule has 0 bridgehead atoms. The summed E-state index contributed by atoms with van der Waals surface area (Å²) in [6.07, 6.45) is 0. The van der Waals surface area contributed by atoms with Crippen LogP contribution in [0.15, 0.2) is 0 Å². The highest BCUT2D eigenvalue weighted by Gasteiger charge is 2.30. The highest BCUT2D eigenvalue weighted by atomic mass is 32.2. The lowest BCUT2D eigenvalue weighted by Gasteiger charge is -2.22. The number of carboxylic acid groups (broad SMARTS) is 1. The minimum atomic E-state index is -1.68. The Morgan fingerprint density at radius 2 is 1.71 bits per heavy atom. The van der Waals surface area contributed by atoms with Gasteiger partial charge < -0.3 is 10.0 Å². The fraction of sp³-hybridized carbons (Fsp3) is 0.818. The Labute approximate surface area is 105 Å². The molecular formula is C11H21NO4S. The fourth-order valence-corrected chi connectivity index (χ4v) is 2.76. The minimum Gasteiger partial charge on any atom is -0.480 e. The first kappa shape index (κ1) is 16.1. The molecule has 0 aromatic rings. The zero-order chi connectivity index (χ0) is 13.7. The van der Waals surface area contributed by atoms with E-state index in [2.05, 4.69) is 0 Å². The van der Waals surface area contributed by atoms with E-state index < -0.39 is 22.0 Å². The van der Waals surface area contributed by atoms with Crippen molar-refractivity contribution in [3.8, 4) is 0 Å². The van der Waals surface area contributed by atoms with Gasteiger partial charge in [-0.25, -0.2) is 0 Å². The SMILES string of the molecule is CC(C)C(C(=O)O)S(=O)CC(=O)N(C)C(C)C. The van der Waals surface area contributed by atoms with Gasteiger partial charge in [0.05, 0.1) is 0 Å². The molecule has 17 heavy (non-hydrogen) atoms. The molecule has 0 aliphatic carbocycles. The summed E-state index contributed by atoms with van der Waals surface area (Å²) in [4.78, 5) is 24.1. The van der Waals surface area contributed by atoms with Crippen molar-refractivity contribution in [3.63, 3.8) is 0 Å². The van der Waals surface area contributed by atoms with Crippen LogP contribution in [0.3, 0.4) is 0 Å². The van der Waals surface area contributed by atoms with E-state index in [1.807, 2.05) is 13.8 Å². The standard InChI is InChI=1S/C11H21NO4S/c1-7(2)10(11(14)15)17(16)6-9(13)12(5)8(3)4/h7-8,10H,6H2,1-5H3,(H,14,15). The summed E-state index contributed by atoms with van der Waals surface area (Å²) in [6, 6.07) is 0.0156. The van der Waals surface area contributed by atoms with E-state index in [9.17, 15) is 13.8 Å². The van der Waals surface area contributed by atoms with Crippen LogP contribution in [0.4, 0.5) is 0 Å². The van der Waals surface area contributed by atoms with E-state index in [1.165, 1.54) is 4.90 Å². The maximum absolute atomic E-state index is 11.8. The third-order valence-electron chi connectivity index (χ3n) is 2.57. The van der Waals surface area contributed by atoms with Gasteiger partial charge in [0, 0.05) is 23.9 Å². The Kier molecular flexibility index (Phi) is 6.37. The van der Waals surface area contributed by atoms with E-state index in [0.717, 1.165) is 0 Å². The molecule has 0 heterocycles. The fourth-order valence-electron chi connectivity index (χ4n) is 1.30. The van der Waals surface area contributed by atoms with Crippen LogP contribution in [0.5, 0.6) is 0 Å². The number of carbonyl (C=O) groups is 2. The van der Waals surface area contributed by atoms with Gasteiger partial charge in [0.15, 0.2) is 0 Å². The highest BCUT2D eigenvalue weighted by Crippen LogP contribution is 2.11. The van der Waals surface area contributed by atoms with Crippen LogP contribution in [0, 0.1) is 5.92 Å². The van der Waals surface area contributed by atoms with Crippen LogP contribution in [0.2, 0.25) is 0 Å². The molecule has 2 unspecified atom stereocenters. The monoisotopic (exact) mass is 263 g/mol. The summed E-state index contributed by atoms with van der Waals surface area (Å²) in [5, 5.41) is 7.97. The molecule has 1 amide bonds. The topological polar surface area (TPSA) is 74.7 Å². The molecule has 0 aromatic heterocycles. The van der Waals surface area contributed by atoms with Crippen molar-refractivity contribution in [2.24, 2.45) is 5.92 Å². The second-order valence-corrected chi connectivity index (χ2v) is 6.18. The average molecular weight is 263 g/mol. The third-order valence-corrected chi connectivity index (χ3v) is 4.41. The van der Waals surface area contributed by atoms with Gasteiger partial charge in [-0.05, 0) is 19.8 Å². The molecule has 0 saturated heterocycles. The molecule has 0 aromatic carbocycles. The van der Waals surface area contributed by atoms with Crippen LogP contribution in [0.25, 0.3) is 0 Å². The summed E-state index contributed by atoms with van der Waals surface area (Å²) in [7, 11) is -0.0556. The lowest BCUT2D eigenvalue weighted by molar-refractivity contribution is -0.137. The van der Waals surface area contributed by atoms with Gasteiger partial charge in [-0.3, -0.25) is 13.8 Å². The molecule has 0 aliphatic rings. The second-order valence-electron chi connectivity index (χ2n) is 4.63. The van der Waals surface area contributed by atoms with Gasteiger partial charge in [0.2, 0.25) is 5.91 Å². The molecule has 0 aliphatic heterocycles. The largest absolute Gasteiger partial charge is 0.480 e. The molecule has 0 rings (SSSR count). The Morgan fingerprint density at radius 3 is 2.00 bits per heavy atom. The first-order valence-corrected chi connectivity index (χ1v) is 6.92. The lowest BCUT2D eigenvalue weighted by Crippen LogP contribution is -2.40. The van der Waals surface area contributed by atoms with Crippen LogP contribution in [0.1, 0.15) is 27.7 Å². The number of nitrogens with zero attached hydrogens (tertiary/aromatic N) is 1.